The van der Waals surface area contributed by atoms with E-state index >= 15 is 0 Å². The number of aromatic nitrogens is 3. The van der Waals surface area contributed by atoms with Gasteiger partial charge in [-0.05, 0) is 48.5 Å². The molecule has 2 aromatic carbocycles. The van der Waals surface area contributed by atoms with Crippen molar-refractivity contribution in [3.8, 4) is 22.8 Å². The Kier molecular flexibility index (Phi) is 6.70. The zero-order chi connectivity index (χ0) is 26.0. The number of halogens is 3. The average molecular weight is 512 g/mol. The van der Waals surface area contributed by atoms with Gasteiger partial charge in [-0.1, -0.05) is 6.07 Å². The topological polar surface area (TPSA) is 78.7 Å². The van der Waals surface area contributed by atoms with Gasteiger partial charge in [0.25, 0.3) is 5.91 Å². The molecule has 1 saturated heterocycles. The molecule has 0 saturated carbocycles. The number of morpholine rings is 1. The van der Waals surface area contributed by atoms with Crippen LogP contribution in [0.1, 0.15) is 0 Å². The number of hydrogen-bond acceptors (Lipinski definition) is 6. The molecular formula is C26H23F3N4O4. The molecule has 1 aliphatic heterocycles. The van der Waals surface area contributed by atoms with Crippen molar-refractivity contribution in [3.05, 3.63) is 67.0 Å². The highest BCUT2D eigenvalue weighted by molar-refractivity contribution is 5.97. The van der Waals surface area contributed by atoms with Crippen molar-refractivity contribution in [3.63, 3.8) is 0 Å². The van der Waals surface area contributed by atoms with Crippen molar-refractivity contribution in [2.24, 2.45) is 7.05 Å². The number of ether oxygens (including phenoxy) is 3. The third kappa shape index (κ3) is 5.67. The second-order valence-electron chi connectivity index (χ2n) is 8.53. The number of nitrogens with zero attached hydrogens (tertiary/aromatic N) is 4. The van der Waals surface area contributed by atoms with Gasteiger partial charge in [0.15, 0.2) is 6.61 Å². The highest BCUT2D eigenvalue weighted by atomic mass is 19.4. The zero-order valence-electron chi connectivity index (χ0n) is 19.8. The van der Waals surface area contributed by atoms with Gasteiger partial charge in [0, 0.05) is 36.1 Å². The van der Waals surface area contributed by atoms with Gasteiger partial charge in [-0.15, -0.1) is 0 Å². The Labute approximate surface area is 210 Å². The standard InChI is InChI=1S/C26H23F3N4O4/c1-32-12-10-22(31-32)20-8-9-23(25-21(20)3-2-11-30-25)36-14-19-13-33(24(34)15-35-19)17-4-6-18(7-5-17)37-16-26(27,28)29/h2-12,19H,13-16H2,1H3. The number of benzene rings is 2. The van der Waals surface area contributed by atoms with Crippen LogP contribution in [0.5, 0.6) is 11.5 Å². The Morgan fingerprint density at radius 1 is 1.08 bits per heavy atom. The van der Waals surface area contributed by atoms with E-state index < -0.39 is 18.9 Å². The highest BCUT2D eigenvalue weighted by Gasteiger charge is 2.30. The largest absolute Gasteiger partial charge is 0.489 e. The van der Waals surface area contributed by atoms with Gasteiger partial charge >= 0.3 is 6.18 Å². The first-order valence-corrected chi connectivity index (χ1v) is 11.5. The van der Waals surface area contributed by atoms with Crippen LogP contribution in [0, 0.1) is 0 Å². The van der Waals surface area contributed by atoms with E-state index in [0.29, 0.717) is 17.0 Å². The summed E-state index contributed by atoms with van der Waals surface area (Å²) in [5.74, 6) is 0.385. The SMILES string of the molecule is Cn1ccc(-c2ccc(OCC3CN(c4ccc(OCC(F)(F)F)cc4)C(=O)CO3)c3ncccc23)n1. The third-order valence-electron chi connectivity index (χ3n) is 5.83. The summed E-state index contributed by atoms with van der Waals surface area (Å²) in [6.07, 6.45) is -1.28. The van der Waals surface area contributed by atoms with Crippen LogP contribution < -0.4 is 14.4 Å². The summed E-state index contributed by atoms with van der Waals surface area (Å²) in [5.41, 5.74) is 2.98. The second kappa shape index (κ2) is 10.1. The third-order valence-corrected chi connectivity index (χ3v) is 5.83. The van der Waals surface area contributed by atoms with Crippen molar-refractivity contribution < 1.29 is 32.2 Å². The number of carbonyl (C=O) groups is 1. The molecule has 1 atom stereocenters. The molecule has 1 fully saturated rings. The van der Waals surface area contributed by atoms with Crippen molar-refractivity contribution in [1.82, 2.24) is 14.8 Å². The first-order valence-electron chi connectivity index (χ1n) is 11.5. The van der Waals surface area contributed by atoms with E-state index in [-0.39, 0.29) is 31.4 Å². The maximum Gasteiger partial charge on any atom is 0.422 e. The van der Waals surface area contributed by atoms with Crippen LogP contribution in [0.2, 0.25) is 0 Å². The summed E-state index contributed by atoms with van der Waals surface area (Å²) in [4.78, 5) is 18.5. The van der Waals surface area contributed by atoms with Crippen molar-refractivity contribution in [2.75, 3.05) is 31.3 Å². The summed E-state index contributed by atoms with van der Waals surface area (Å²) in [5, 5.41) is 5.38. The fourth-order valence-electron chi connectivity index (χ4n) is 4.09. The lowest BCUT2D eigenvalue weighted by molar-refractivity contribution is -0.153. The van der Waals surface area contributed by atoms with E-state index in [1.54, 1.807) is 23.0 Å². The lowest BCUT2D eigenvalue weighted by Gasteiger charge is -2.32. The number of aryl methyl sites for hydroxylation is 1. The minimum Gasteiger partial charge on any atom is -0.489 e. The molecule has 1 unspecified atom stereocenters. The molecule has 192 valence electrons. The van der Waals surface area contributed by atoms with Gasteiger partial charge in [0.2, 0.25) is 0 Å². The summed E-state index contributed by atoms with van der Waals surface area (Å²) in [6.45, 7) is -1.13. The molecule has 11 heteroatoms. The Bertz CT molecular complexity index is 1410. The maximum absolute atomic E-state index is 12.5. The zero-order valence-corrected chi connectivity index (χ0v) is 19.8. The van der Waals surface area contributed by atoms with Gasteiger partial charge in [-0.25, -0.2) is 0 Å². The smallest absolute Gasteiger partial charge is 0.422 e. The van der Waals surface area contributed by atoms with Crippen LogP contribution in [-0.4, -0.2) is 59.3 Å². The summed E-state index contributed by atoms with van der Waals surface area (Å²) in [6, 6.07) is 15.4. The molecule has 0 N–H and O–H groups in total. The lowest BCUT2D eigenvalue weighted by Crippen LogP contribution is -2.48. The molecular weight excluding hydrogens is 489 g/mol. The van der Waals surface area contributed by atoms with Crippen LogP contribution in [0.4, 0.5) is 18.9 Å². The van der Waals surface area contributed by atoms with Gasteiger partial charge in [-0.3, -0.25) is 14.5 Å². The molecule has 0 radical (unpaired) electrons. The van der Waals surface area contributed by atoms with Gasteiger partial charge in [-0.2, -0.15) is 18.3 Å². The first-order chi connectivity index (χ1) is 17.8. The minimum absolute atomic E-state index is 0.0650. The molecule has 2 aromatic heterocycles. The number of fused-ring (bicyclic) bond motifs is 1. The van der Waals surface area contributed by atoms with Crippen LogP contribution in [0.25, 0.3) is 22.2 Å². The molecule has 37 heavy (non-hydrogen) atoms. The summed E-state index contributed by atoms with van der Waals surface area (Å²) in [7, 11) is 1.86. The van der Waals surface area contributed by atoms with Crippen LogP contribution in [0.3, 0.4) is 0 Å². The number of alkyl halides is 3. The maximum atomic E-state index is 12.5. The Morgan fingerprint density at radius 2 is 1.89 bits per heavy atom. The Hall–Kier alpha value is -4.12. The van der Waals surface area contributed by atoms with E-state index in [9.17, 15) is 18.0 Å². The highest BCUT2D eigenvalue weighted by Crippen LogP contribution is 2.33. The van der Waals surface area contributed by atoms with Crippen LogP contribution in [-0.2, 0) is 16.6 Å². The van der Waals surface area contributed by atoms with Crippen molar-refractivity contribution >= 4 is 22.5 Å². The monoisotopic (exact) mass is 512 g/mol. The van der Waals surface area contributed by atoms with Crippen molar-refractivity contribution in [2.45, 2.75) is 12.3 Å². The number of rotatable bonds is 7. The lowest BCUT2D eigenvalue weighted by atomic mass is 10.1. The van der Waals surface area contributed by atoms with E-state index in [0.717, 1.165) is 16.6 Å². The predicted octanol–water partition coefficient (Wildman–Crippen LogP) is 4.39. The van der Waals surface area contributed by atoms with E-state index in [4.69, 9.17) is 14.2 Å². The Morgan fingerprint density at radius 3 is 2.62 bits per heavy atom. The average Bonchev–Trinajstić information content (AvgIpc) is 3.32. The van der Waals surface area contributed by atoms with E-state index in [2.05, 4.69) is 10.1 Å². The number of pyridine rings is 1. The number of carbonyl (C=O) groups excluding carboxylic acids is 1. The Balaban J connectivity index is 1.27. The van der Waals surface area contributed by atoms with Gasteiger partial charge < -0.3 is 19.1 Å². The second-order valence-corrected chi connectivity index (χ2v) is 8.53. The molecule has 3 heterocycles. The molecule has 0 spiro atoms. The van der Waals surface area contributed by atoms with Crippen molar-refractivity contribution in [1.29, 1.82) is 0 Å². The summed E-state index contributed by atoms with van der Waals surface area (Å²) >= 11 is 0. The molecule has 0 aliphatic carbocycles. The quantitative estimate of drug-likeness (QED) is 0.366. The number of hydrogen-bond donors (Lipinski definition) is 0. The molecule has 1 amide bonds. The molecule has 8 nitrogen and oxygen atoms in total. The van der Waals surface area contributed by atoms with Gasteiger partial charge in [0.05, 0.1) is 12.2 Å². The van der Waals surface area contributed by atoms with Crippen LogP contribution >= 0.6 is 0 Å². The number of anilines is 1. The molecule has 1 aliphatic rings. The molecule has 0 bridgehead atoms. The fourth-order valence-corrected chi connectivity index (χ4v) is 4.09. The van der Waals surface area contributed by atoms with E-state index in [1.165, 1.54) is 17.0 Å². The van der Waals surface area contributed by atoms with Gasteiger partial charge in [0.1, 0.15) is 36.3 Å². The summed E-state index contributed by atoms with van der Waals surface area (Å²) < 4.78 is 55.3. The predicted molar refractivity (Wildman–Crippen MR) is 130 cm³/mol. The van der Waals surface area contributed by atoms with E-state index in [1.807, 2.05) is 43.6 Å². The molecule has 5 rings (SSSR count). The fraction of sp³-hybridized carbons (Fsp3) is 0.269. The first kappa shape index (κ1) is 24.6. The molecule has 4 aromatic rings. The normalized spacial score (nSPS) is 16.3. The van der Waals surface area contributed by atoms with Crippen LogP contribution in [0.15, 0.2) is 67.0 Å². The number of amides is 1. The minimum atomic E-state index is -4.42.